The van der Waals surface area contributed by atoms with E-state index in [0.717, 1.165) is 53.6 Å². The molecule has 30 heavy (non-hydrogen) atoms. The highest BCUT2D eigenvalue weighted by Crippen LogP contribution is 2.25. The van der Waals surface area contributed by atoms with E-state index in [2.05, 4.69) is 23.2 Å². The number of amides is 1. The minimum Gasteiger partial charge on any atom is -0.379 e. The molecule has 0 radical (unpaired) electrons. The third-order valence-corrected chi connectivity index (χ3v) is 6.15. The number of hydrogen-bond acceptors (Lipinski definition) is 6. The second kappa shape index (κ2) is 10.0. The molecule has 0 spiro atoms. The molecule has 6 nitrogen and oxygen atoms in total. The highest BCUT2D eigenvalue weighted by molar-refractivity contribution is 8.00. The van der Waals surface area contributed by atoms with Crippen LogP contribution >= 0.6 is 11.8 Å². The Morgan fingerprint density at radius 3 is 2.70 bits per heavy atom. The maximum atomic E-state index is 12.4. The van der Waals surface area contributed by atoms with E-state index >= 15 is 0 Å². The molecule has 1 aliphatic heterocycles. The van der Waals surface area contributed by atoms with Crippen molar-refractivity contribution in [2.24, 2.45) is 0 Å². The van der Waals surface area contributed by atoms with Crippen LogP contribution in [0.5, 0.6) is 0 Å². The summed E-state index contributed by atoms with van der Waals surface area (Å²) in [4.78, 5) is 24.3. The maximum Gasteiger partial charge on any atom is 0.230 e. The van der Waals surface area contributed by atoms with Gasteiger partial charge in [0, 0.05) is 25.0 Å². The second-order valence-corrected chi connectivity index (χ2v) is 8.31. The largest absolute Gasteiger partial charge is 0.379 e. The predicted molar refractivity (Wildman–Crippen MR) is 119 cm³/mol. The summed E-state index contributed by atoms with van der Waals surface area (Å²) < 4.78 is 5.43. The van der Waals surface area contributed by atoms with E-state index in [-0.39, 0.29) is 5.91 Å². The lowest BCUT2D eigenvalue weighted by molar-refractivity contribution is -0.118. The van der Waals surface area contributed by atoms with Crippen LogP contribution in [-0.4, -0.2) is 52.8 Å². The third-order valence-electron chi connectivity index (χ3n) is 5.16. The molecule has 0 aliphatic carbocycles. The van der Waals surface area contributed by atoms with Crippen LogP contribution in [0.4, 0.5) is 0 Å². The summed E-state index contributed by atoms with van der Waals surface area (Å²) in [5.74, 6) is 1.11. The molecule has 3 aromatic rings. The molecule has 1 aliphatic rings. The summed E-state index contributed by atoms with van der Waals surface area (Å²) >= 11 is 1.47. The fourth-order valence-electron chi connectivity index (χ4n) is 3.42. The number of thioether (sulfide) groups is 1. The topological polar surface area (TPSA) is 67.4 Å². The van der Waals surface area contributed by atoms with Crippen molar-refractivity contribution in [1.29, 1.82) is 0 Å². The zero-order valence-corrected chi connectivity index (χ0v) is 18.0. The number of nitrogens with zero attached hydrogens (tertiary/aromatic N) is 3. The molecular formula is C23H26N4O2S. The molecule has 0 unspecified atom stereocenters. The highest BCUT2D eigenvalue weighted by Gasteiger charge is 2.15. The van der Waals surface area contributed by atoms with Crippen molar-refractivity contribution in [3.05, 3.63) is 65.5 Å². The Labute approximate surface area is 181 Å². The van der Waals surface area contributed by atoms with E-state index in [1.165, 1.54) is 17.3 Å². The summed E-state index contributed by atoms with van der Waals surface area (Å²) in [6.07, 6.45) is 0. The van der Waals surface area contributed by atoms with Crippen LogP contribution < -0.4 is 5.32 Å². The number of fused-ring (bicyclic) bond motifs is 1. The number of ether oxygens (including phenoxy) is 1. The van der Waals surface area contributed by atoms with Gasteiger partial charge in [-0.05, 0) is 24.1 Å². The zero-order chi connectivity index (χ0) is 20.8. The van der Waals surface area contributed by atoms with E-state index in [0.29, 0.717) is 18.8 Å². The molecule has 1 saturated heterocycles. The lowest BCUT2D eigenvalue weighted by Crippen LogP contribution is -2.36. The molecule has 2 aromatic carbocycles. The average Bonchev–Trinajstić information content (AvgIpc) is 2.77. The Hall–Kier alpha value is -2.48. The summed E-state index contributed by atoms with van der Waals surface area (Å²) in [6, 6.07) is 16.1. The monoisotopic (exact) mass is 422 g/mol. The van der Waals surface area contributed by atoms with Crippen LogP contribution in [0.2, 0.25) is 0 Å². The molecule has 4 rings (SSSR count). The standard InChI is InChI=1S/C23H26N4O2S/c1-17-6-2-3-7-18(17)14-24-22(28)16-30-23-19-8-4-5-9-20(19)25-21(26-23)15-27-10-12-29-13-11-27/h2-9H,10-16H2,1H3,(H,24,28). The van der Waals surface area contributed by atoms with Crippen LogP contribution in [-0.2, 0) is 22.6 Å². The van der Waals surface area contributed by atoms with Crippen LogP contribution in [0, 0.1) is 6.92 Å². The smallest absolute Gasteiger partial charge is 0.230 e. The molecule has 1 fully saturated rings. The van der Waals surface area contributed by atoms with Gasteiger partial charge in [0.05, 0.1) is 31.0 Å². The second-order valence-electron chi connectivity index (χ2n) is 7.34. The Morgan fingerprint density at radius 1 is 1.10 bits per heavy atom. The third kappa shape index (κ3) is 5.36. The Balaban J connectivity index is 1.43. The van der Waals surface area contributed by atoms with Crippen molar-refractivity contribution < 1.29 is 9.53 Å². The van der Waals surface area contributed by atoms with Crippen LogP contribution in [0.1, 0.15) is 17.0 Å². The van der Waals surface area contributed by atoms with Gasteiger partial charge in [0.2, 0.25) is 5.91 Å². The number of aromatic nitrogens is 2. The number of carbonyl (C=O) groups is 1. The van der Waals surface area contributed by atoms with Gasteiger partial charge in [-0.25, -0.2) is 9.97 Å². The van der Waals surface area contributed by atoms with Crippen LogP contribution in [0.15, 0.2) is 53.6 Å². The summed E-state index contributed by atoms with van der Waals surface area (Å²) in [5.41, 5.74) is 3.23. The lowest BCUT2D eigenvalue weighted by atomic mass is 10.1. The number of para-hydroxylation sites is 1. The first-order valence-corrected chi connectivity index (χ1v) is 11.2. The Kier molecular flexibility index (Phi) is 6.94. The first kappa shape index (κ1) is 20.8. The van der Waals surface area contributed by atoms with Crippen molar-refractivity contribution in [2.45, 2.75) is 25.0 Å². The molecule has 156 valence electrons. The molecule has 2 heterocycles. The number of hydrogen-bond donors (Lipinski definition) is 1. The van der Waals surface area contributed by atoms with Crippen molar-refractivity contribution >= 4 is 28.6 Å². The van der Waals surface area contributed by atoms with Gasteiger partial charge in [-0.15, -0.1) is 0 Å². The number of benzene rings is 2. The van der Waals surface area contributed by atoms with Crippen molar-refractivity contribution in [1.82, 2.24) is 20.2 Å². The molecule has 0 atom stereocenters. The van der Waals surface area contributed by atoms with E-state index < -0.39 is 0 Å². The van der Waals surface area contributed by atoms with Gasteiger partial charge in [0.1, 0.15) is 10.9 Å². The van der Waals surface area contributed by atoms with Gasteiger partial charge in [-0.2, -0.15) is 0 Å². The quantitative estimate of drug-likeness (QED) is 0.466. The molecule has 0 bridgehead atoms. The van der Waals surface area contributed by atoms with E-state index in [1.54, 1.807) is 0 Å². The molecule has 1 aromatic heterocycles. The lowest BCUT2D eigenvalue weighted by Gasteiger charge is -2.25. The van der Waals surface area contributed by atoms with Crippen LogP contribution in [0.3, 0.4) is 0 Å². The van der Waals surface area contributed by atoms with E-state index in [4.69, 9.17) is 14.7 Å². The fraction of sp³-hybridized carbons (Fsp3) is 0.348. The number of nitrogens with one attached hydrogen (secondary N) is 1. The minimum atomic E-state index is 0.000626. The zero-order valence-electron chi connectivity index (χ0n) is 17.1. The van der Waals surface area contributed by atoms with Gasteiger partial charge >= 0.3 is 0 Å². The first-order valence-electron chi connectivity index (χ1n) is 10.2. The normalized spacial score (nSPS) is 14.7. The number of aryl methyl sites for hydroxylation is 1. The first-order chi connectivity index (χ1) is 14.7. The van der Waals surface area contributed by atoms with E-state index in [9.17, 15) is 4.79 Å². The SMILES string of the molecule is Cc1ccccc1CNC(=O)CSc1nc(CN2CCOCC2)nc2ccccc12. The van der Waals surface area contributed by atoms with Gasteiger partial charge in [-0.3, -0.25) is 9.69 Å². The van der Waals surface area contributed by atoms with Crippen LogP contribution in [0.25, 0.3) is 10.9 Å². The number of carbonyl (C=O) groups excluding carboxylic acids is 1. The molecule has 1 amide bonds. The van der Waals surface area contributed by atoms with Gasteiger partial charge in [0.25, 0.3) is 0 Å². The van der Waals surface area contributed by atoms with Gasteiger partial charge < -0.3 is 10.1 Å². The maximum absolute atomic E-state index is 12.4. The summed E-state index contributed by atoms with van der Waals surface area (Å²) in [6.45, 7) is 6.56. The predicted octanol–water partition coefficient (Wildman–Crippen LogP) is 3.18. The summed E-state index contributed by atoms with van der Waals surface area (Å²) in [5, 5.41) is 4.86. The van der Waals surface area contributed by atoms with Gasteiger partial charge in [-0.1, -0.05) is 54.2 Å². The fourth-order valence-corrected chi connectivity index (χ4v) is 4.29. The van der Waals surface area contributed by atoms with E-state index in [1.807, 2.05) is 42.5 Å². The molecule has 7 heteroatoms. The Morgan fingerprint density at radius 2 is 1.87 bits per heavy atom. The van der Waals surface area contributed by atoms with Crippen molar-refractivity contribution in [2.75, 3.05) is 32.1 Å². The molecule has 0 saturated carbocycles. The number of rotatable bonds is 7. The average molecular weight is 423 g/mol. The Bertz CT molecular complexity index is 1020. The van der Waals surface area contributed by atoms with Gasteiger partial charge in [0.15, 0.2) is 0 Å². The number of morpholine rings is 1. The minimum absolute atomic E-state index is 0.000626. The molecular weight excluding hydrogens is 396 g/mol. The highest BCUT2D eigenvalue weighted by atomic mass is 32.2. The van der Waals surface area contributed by atoms with Crippen molar-refractivity contribution in [3.8, 4) is 0 Å². The summed E-state index contributed by atoms with van der Waals surface area (Å²) in [7, 11) is 0. The molecule has 1 N–H and O–H groups in total. The van der Waals surface area contributed by atoms with Crippen molar-refractivity contribution in [3.63, 3.8) is 0 Å².